The summed E-state index contributed by atoms with van der Waals surface area (Å²) in [6.45, 7) is 2.14. The molecule has 0 amide bonds. The highest BCUT2D eigenvalue weighted by molar-refractivity contribution is 4.55. The lowest BCUT2D eigenvalue weighted by Gasteiger charge is -2.19. The molecule has 0 aliphatic heterocycles. The van der Waals surface area contributed by atoms with Crippen molar-refractivity contribution in [3.8, 4) is 0 Å². The van der Waals surface area contributed by atoms with Crippen LogP contribution in [0.3, 0.4) is 0 Å². The third-order valence-electron chi connectivity index (χ3n) is 1.26. The maximum absolute atomic E-state index is 4.13. The Balaban J connectivity index is 3.35. The van der Waals surface area contributed by atoms with Gasteiger partial charge in [-0.15, -0.1) is 0 Å². The molecule has 0 aromatic heterocycles. The Morgan fingerprint density at radius 1 is 1.50 bits per heavy atom. The Bertz CT molecular complexity index is 48.5. The fraction of sp³-hybridized carbons (Fsp3) is 1.00. The predicted octanol–water partition coefficient (Wildman–Crippen LogP) is 0.518. The zero-order valence-corrected chi connectivity index (χ0v) is 6.18. The first-order valence-corrected chi connectivity index (χ1v) is 2.97. The maximum atomic E-state index is 4.13. The van der Waals surface area contributed by atoms with E-state index in [1.807, 2.05) is 21.1 Å². The molecule has 0 fully saturated rings. The molecule has 0 aliphatic carbocycles. The van der Waals surface area contributed by atoms with E-state index in [4.69, 9.17) is 0 Å². The third-order valence-corrected chi connectivity index (χ3v) is 1.26. The average Bonchev–Trinajstić information content (AvgIpc) is 1.69. The first kappa shape index (κ1) is 7.92. The van der Waals surface area contributed by atoms with Crippen LogP contribution in [0.2, 0.25) is 0 Å². The molecule has 0 heterocycles. The Morgan fingerprint density at radius 3 is 2.00 bits per heavy atom. The van der Waals surface area contributed by atoms with Crippen molar-refractivity contribution in [1.29, 1.82) is 0 Å². The van der Waals surface area contributed by atoms with Gasteiger partial charge in [0.15, 0.2) is 0 Å². The summed E-state index contributed by atoms with van der Waals surface area (Å²) in [6.07, 6.45) is 1.51. The summed E-state index contributed by atoms with van der Waals surface area (Å²) in [4.78, 5) is 2.11. The summed E-state index contributed by atoms with van der Waals surface area (Å²) < 4.78 is 0. The molecule has 8 heavy (non-hydrogen) atoms. The highest BCUT2D eigenvalue weighted by Gasteiger charge is 2.03. The Morgan fingerprint density at radius 2 is 2.00 bits per heavy atom. The van der Waals surface area contributed by atoms with Gasteiger partial charge in [-0.25, -0.2) is 5.32 Å². The van der Waals surface area contributed by atoms with Gasteiger partial charge in [0.25, 0.3) is 0 Å². The molecular formula is C6H15N2. The van der Waals surface area contributed by atoms with Crippen molar-refractivity contribution in [3.63, 3.8) is 0 Å². The van der Waals surface area contributed by atoms with Crippen LogP contribution in [0.15, 0.2) is 0 Å². The van der Waals surface area contributed by atoms with Gasteiger partial charge in [-0.05, 0) is 20.5 Å². The van der Waals surface area contributed by atoms with E-state index in [1.165, 1.54) is 0 Å². The van der Waals surface area contributed by atoms with E-state index in [0.29, 0.717) is 6.17 Å². The van der Waals surface area contributed by atoms with E-state index >= 15 is 0 Å². The Hall–Kier alpha value is -0.0800. The third kappa shape index (κ3) is 2.28. The second kappa shape index (κ2) is 3.87. The summed E-state index contributed by atoms with van der Waals surface area (Å²) in [6, 6.07) is 0. The van der Waals surface area contributed by atoms with Crippen LogP contribution in [0.25, 0.3) is 0 Å². The van der Waals surface area contributed by atoms with Gasteiger partial charge in [0.1, 0.15) is 0 Å². The van der Waals surface area contributed by atoms with Crippen LogP contribution in [-0.2, 0) is 0 Å². The molecule has 1 radical (unpaired) electrons. The molecule has 0 saturated heterocycles. The quantitative estimate of drug-likeness (QED) is 0.524. The second-order valence-corrected chi connectivity index (χ2v) is 2.11. The SMILES string of the molecule is CCC([N]C)N(C)C. The van der Waals surface area contributed by atoms with E-state index in [0.717, 1.165) is 6.42 Å². The van der Waals surface area contributed by atoms with E-state index in [-0.39, 0.29) is 0 Å². The van der Waals surface area contributed by atoms with Gasteiger partial charge >= 0.3 is 0 Å². The van der Waals surface area contributed by atoms with E-state index in [1.54, 1.807) is 0 Å². The van der Waals surface area contributed by atoms with E-state index < -0.39 is 0 Å². The Kier molecular flexibility index (Phi) is 3.83. The van der Waals surface area contributed by atoms with Crippen LogP contribution in [-0.4, -0.2) is 32.2 Å². The van der Waals surface area contributed by atoms with Gasteiger partial charge in [-0.3, -0.25) is 4.90 Å². The molecule has 2 nitrogen and oxygen atoms in total. The monoisotopic (exact) mass is 115 g/mol. The minimum atomic E-state index is 0.412. The molecule has 1 atom stereocenters. The lowest BCUT2D eigenvalue weighted by molar-refractivity contribution is 0.248. The van der Waals surface area contributed by atoms with Crippen LogP contribution < -0.4 is 5.32 Å². The fourth-order valence-corrected chi connectivity index (χ4v) is 0.779. The fourth-order valence-electron chi connectivity index (χ4n) is 0.779. The maximum Gasteiger partial charge on any atom is 0.0749 e. The summed E-state index contributed by atoms with van der Waals surface area (Å²) in [5, 5.41) is 4.13. The number of nitrogens with zero attached hydrogens (tertiary/aromatic N) is 2. The van der Waals surface area contributed by atoms with Crippen molar-refractivity contribution < 1.29 is 0 Å². The smallest absolute Gasteiger partial charge is 0.0749 e. The Labute approximate surface area is 51.9 Å². The molecule has 0 spiro atoms. The lowest BCUT2D eigenvalue weighted by Crippen LogP contribution is -2.33. The lowest BCUT2D eigenvalue weighted by atomic mass is 10.3. The first-order chi connectivity index (χ1) is 3.72. The van der Waals surface area contributed by atoms with Crippen LogP contribution in [0.4, 0.5) is 0 Å². The zero-order valence-electron chi connectivity index (χ0n) is 6.18. The molecular weight excluding hydrogens is 100 g/mol. The molecule has 0 rings (SSSR count). The van der Waals surface area contributed by atoms with Crippen molar-refractivity contribution in [2.45, 2.75) is 19.5 Å². The molecule has 1 unspecified atom stereocenters. The molecule has 2 heteroatoms. The van der Waals surface area contributed by atoms with Gasteiger partial charge in [0.05, 0.1) is 6.17 Å². The highest BCUT2D eigenvalue weighted by Crippen LogP contribution is 1.92. The number of hydrogen-bond donors (Lipinski definition) is 0. The summed E-state index contributed by atoms with van der Waals surface area (Å²) >= 11 is 0. The van der Waals surface area contributed by atoms with Gasteiger partial charge < -0.3 is 0 Å². The zero-order chi connectivity index (χ0) is 6.57. The van der Waals surface area contributed by atoms with Gasteiger partial charge in [0.2, 0.25) is 0 Å². The van der Waals surface area contributed by atoms with Crippen molar-refractivity contribution in [1.82, 2.24) is 10.2 Å². The predicted molar refractivity (Wildman–Crippen MR) is 35.8 cm³/mol. The first-order valence-electron chi connectivity index (χ1n) is 2.97. The van der Waals surface area contributed by atoms with Crippen molar-refractivity contribution in [2.24, 2.45) is 0 Å². The number of rotatable bonds is 3. The second-order valence-electron chi connectivity index (χ2n) is 2.11. The van der Waals surface area contributed by atoms with Crippen molar-refractivity contribution in [3.05, 3.63) is 0 Å². The van der Waals surface area contributed by atoms with Gasteiger partial charge in [0, 0.05) is 7.05 Å². The standard InChI is InChI=1S/C6H15N2/c1-5-6(7-2)8(3)4/h6H,5H2,1-4H3. The summed E-state index contributed by atoms with van der Waals surface area (Å²) in [5.41, 5.74) is 0. The number of hydrogen-bond acceptors (Lipinski definition) is 1. The molecule has 0 aliphatic rings. The van der Waals surface area contributed by atoms with Crippen molar-refractivity contribution >= 4 is 0 Å². The van der Waals surface area contributed by atoms with E-state index in [2.05, 4.69) is 17.1 Å². The minimum absolute atomic E-state index is 0.412. The van der Waals surface area contributed by atoms with Crippen LogP contribution >= 0.6 is 0 Å². The van der Waals surface area contributed by atoms with Gasteiger partial charge in [-0.2, -0.15) is 0 Å². The molecule has 0 N–H and O–H groups in total. The molecule has 0 aromatic carbocycles. The van der Waals surface area contributed by atoms with Crippen LogP contribution in [0, 0.1) is 0 Å². The van der Waals surface area contributed by atoms with Gasteiger partial charge in [-0.1, -0.05) is 6.92 Å². The highest BCUT2D eigenvalue weighted by atomic mass is 15.2. The van der Waals surface area contributed by atoms with Crippen LogP contribution in [0.5, 0.6) is 0 Å². The molecule has 0 bridgehead atoms. The normalized spacial score (nSPS) is 14.6. The van der Waals surface area contributed by atoms with Crippen LogP contribution in [0.1, 0.15) is 13.3 Å². The molecule has 0 aromatic rings. The largest absolute Gasteiger partial charge is 0.293 e. The average molecular weight is 115 g/mol. The summed E-state index contributed by atoms with van der Waals surface area (Å²) in [7, 11) is 5.94. The molecule has 0 saturated carbocycles. The summed E-state index contributed by atoms with van der Waals surface area (Å²) in [5.74, 6) is 0. The minimum Gasteiger partial charge on any atom is -0.293 e. The van der Waals surface area contributed by atoms with E-state index in [9.17, 15) is 0 Å². The molecule has 49 valence electrons. The van der Waals surface area contributed by atoms with Crippen molar-refractivity contribution in [2.75, 3.05) is 21.1 Å². The topological polar surface area (TPSA) is 17.3 Å².